The zero-order valence-electron chi connectivity index (χ0n) is 8.09. The van der Waals surface area contributed by atoms with E-state index in [4.69, 9.17) is 20.9 Å². The van der Waals surface area contributed by atoms with Crippen LogP contribution in [0.4, 0.5) is 0 Å². The van der Waals surface area contributed by atoms with Gasteiger partial charge in [-0.1, -0.05) is 0 Å². The minimum absolute atomic E-state index is 0.204. The van der Waals surface area contributed by atoms with Crippen molar-refractivity contribution >= 4 is 31.9 Å². The van der Waals surface area contributed by atoms with Crippen LogP contribution in [0.5, 0.6) is 0 Å². The molecule has 92 valence electrons. The molecule has 7 nitrogen and oxygen atoms in total. The summed E-state index contributed by atoms with van der Waals surface area (Å²) < 4.78 is 22.7. The number of hydrogen-bond acceptors (Lipinski definition) is 4. The average molecular weight is 272 g/mol. The molecule has 0 aromatic carbocycles. The maximum Gasteiger partial charge on any atom is 0.321 e. The summed E-state index contributed by atoms with van der Waals surface area (Å²) in [4.78, 5) is 21.8. The molecule has 0 saturated carbocycles. The highest BCUT2D eigenvalue weighted by Crippen LogP contribution is 2.33. The van der Waals surface area contributed by atoms with Crippen LogP contribution >= 0.6 is 10.7 Å². The van der Waals surface area contributed by atoms with Gasteiger partial charge in [-0.05, 0) is 12.8 Å². The number of rotatable bonds is 3. The maximum absolute atomic E-state index is 10.9. The van der Waals surface area contributed by atoms with E-state index < -0.39 is 26.6 Å². The predicted octanol–water partition coefficient (Wildman–Crippen LogP) is -0.279. The predicted molar refractivity (Wildman–Crippen MR) is 53.3 cm³/mol. The molecule has 0 bridgehead atoms. The lowest BCUT2D eigenvalue weighted by Gasteiger charge is -2.33. The summed E-state index contributed by atoms with van der Waals surface area (Å²) in [5.74, 6) is -2.90. The Bertz CT molecular complexity index is 395. The lowest BCUT2D eigenvalue weighted by molar-refractivity contribution is -0.167. The van der Waals surface area contributed by atoms with Crippen LogP contribution in [-0.4, -0.2) is 48.0 Å². The van der Waals surface area contributed by atoms with E-state index in [1.165, 1.54) is 0 Å². The maximum atomic E-state index is 10.9. The minimum Gasteiger partial charge on any atom is -0.480 e. The van der Waals surface area contributed by atoms with Crippen LogP contribution in [0.2, 0.25) is 0 Å². The standard InChI is InChI=1S/C7H10ClNO6S/c8-16(14,15)9-3-1-7(2-4-9,5(10)11)6(12)13/h1-4H2,(H,10,11)(H,12,13). The molecule has 1 aliphatic rings. The molecular formula is C7H10ClNO6S. The van der Waals surface area contributed by atoms with E-state index in [0.717, 1.165) is 4.31 Å². The molecule has 1 fully saturated rings. The summed E-state index contributed by atoms with van der Waals surface area (Å²) in [5, 5.41) is 17.7. The number of nitrogens with zero attached hydrogens (tertiary/aromatic N) is 1. The monoisotopic (exact) mass is 271 g/mol. The molecule has 0 aliphatic carbocycles. The summed E-state index contributed by atoms with van der Waals surface area (Å²) in [6.07, 6.45) is -0.576. The van der Waals surface area contributed by atoms with Crippen molar-refractivity contribution in [1.29, 1.82) is 0 Å². The van der Waals surface area contributed by atoms with E-state index in [2.05, 4.69) is 0 Å². The summed E-state index contributed by atoms with van der Waals surface area (Å²) >= 11 is 0. The smallest absolute Gasteiger partial charge is 0.321 e. The number of carboxylic acid groups (broad SMARTS) is 2. The second kappa shape index (κ2) is 4.19. The fourth-order valence-electron chi connectivity index (χ4n) is 1.61. The molecule has 0 amide bonds. The van der Waals surface area contributed by atoms with Gasteiger partial charge < -0.3 is 10.2 Å². The van der Waals surface area contributed by atoms with Gasteiger partial charge >= 0.3 is 11.9 Å². The first-order chi connectivity index (χ1) is 7.20. The molecule has 0 atom stereocenters. The van der Waals surface area contributed by atoms with Crippen molar-refractivity contribution < 1.29 is 28.2 Å². The number of aliphatic carboxylic acids is 2. The molecule has 0 aromatic heterocycles. The summed E-state index contributed by atoms with van der Waals surface area (Å²) in [5.41, 5.74) is -1.90. The van der Waals surface area contributed by atoms with Crippen LogP contribution in [0.3, 0.4) is 0 Å². The molecule has 1 rings (SSSR count). The van der Waals surface area contributed by atoms with Crippen molar-refractivity contribution in [3.8, 4) is 0 Å². The van der Waals surface area contributed by atoms with Crippen molar-refractivity contribution in [1.82, 2.24) is 4.31 Å². The lowest BCUT2D eigenvalue weighted by atomic mass is 9.79. The number of carboxylic acids is 2. The van der Waals surface area contributed by atoms with Gasteiger partial charge in [0, 0.05) is 23.8 Å². The van der Waals surface area contributed by atoms with Gasteiger partial charge in [0.05, 0.1) is 0 Å². The zero-order chi connectivity index (χ0) is 12.6. The number of halogens is 1. The third-order valence-corrected chi connectivity index (χ3v) is 4.27. The fourth-order valence-corrected chi connectivity index (χ4v) is 2.64. The van der Waals surface area contributed by atoms with Crippen LogP contribution in [0.25, 0.3) is 0 Å². The van der Waals surface area contributed by atoms with Gasteiger partial charge in [-0.25, -0.2) is 0 Å². The van der Waals surface area contributed by atoms with Crippen LogP contribution in [0, 0.1) is 5.41 Å². The first kappa shape index (κ1) is 13.2. The molecule has 9 heteroatoms. The van der Waals surface area contributed by atoms with Gasteiger partial charge in [0.25, 0.3) is 9.24 Å². The summed E-state index contributed by atoms with van der Waals surface area (Å²) in [6.45, 7) is -0.408. The van der Waals surface area contributed by atoms with E-state index in [0.29, 0.717) is 0 Å². The summed E-state index contributed by atoms with van der Waals surface area (Å²) in [7, 11) is 1.16. The Hall–Kier alpha value is -0.860. The van der Waals surface area contributed by atoms with Gasteiger partial charge in [-0.3, -0.25) is 9.59 Å². The fraction of sp³-hybridized carbons (Fsp3) is 0.714. The van der Waals surface area contributed by atoms with Gasteiger partial charge in [-0.15, -0.1) is 0 Å². The second-order valence-electron chi connectivity index (χ2n) is 3.53. The van der Waals surface area contributed by atoms with Crippen LogP contribution in [0.15, 0.2) is 0 Å². The first-order valence-corrected chi connectivity index (χ1v) is 6.63. The summed E-state index contributed by atoms with van der Waals surface area (Å²) in [6, 6.07) is 0. The van der Waals surface area contributed by atoms with E-state index in [1.54, 1.807) is 0 Å². The van der Waals surface area contributed by atoms with E-state index in [1.807, 2.05) is 0 Å². The molecular weight excluding hydrogens is 262 g/mol. The Morgan fingerprint density at radius 1 is 1.12 bits per heavy atom. The van der Waals surface area contributed by atoms with Crippen molar-refractivity contribution in [3.05, 3.63) is 0 Å². The van der Waals surface area contributed by atoms with Crippen LogP contribution < -0.4 is 0 Å². The van der Waals surface area contributed by atoms with Gasteiger partial charge in [0.15, 0.2) is 5.41 Å². The van der Waals surface area contributed by atoms with E-state index in [-0.39, 0.29) is 25.9 Å². The first-order valence-electron chi connectivity index (χ1n) is 4.37. The molecule has 1 saturated heterocycles. The lowest BCUT2D eigenvalue weighted by Crippen LogP contribution is -2.49. The Morgan fingerprint density at radius 2 is 1.50 bits per heavy atom. The Morgan fingerprint density at radius 3 is 1.75 bits per heavy atom. The molecule has 0 spiro atoms. The Balaban J connectivity index is 2.87. The number of carbonyl (C=O) groups is 2. The Kier molecular flexibility index (Phi) is 3.46. The van der Waals surface area contributed by atoms with E-state index >= 15 is 0 Å². The molecule has 2 N–H and O–H groups in total. The van der Waals surface area contributed by atoms with Crippen molar-refractivity contribution in [2.75, 3.05) is 13.1 Å². The topological polar surface area (TPSA) is 112 Å². The second-order valence-corrected chi connectivity index (χ2v) is 6.04. The van der Waals surface area contributed by atoms with Crippen molar-refractivity contribution in [2.45, 2.75) is 12.8 Å². The van der Waals surface area contributed by atoms with Gasteiger partial charge in [0.1, 0.15) is 0 Å². The quantitative estimate of drug-likeness (QED) is 0.539. The van der Waals surface area contributed by atoms with Gasteiger partial charge in [-0.2, -0.15) is 12.7 Å². The third-order valence-electron chi connectivity index (χ3n) is 2.70. The highest BCUT2D eigenvalue weighted by atomic mass is 35.7. The minimum atomic E-state index is -3.91. The normalized spacial score (nSPS) is 21.6. The van der Waals surface area contributed by atoms with Crippen molar-refractivity contribution in [2.24, 2.45) is 5.41 Å². The van der Waals surface area contributed by atoms with Crippen molar-refractivity contribution in [3.63, 3.8) is 0 Å². The number of hydrogen-bond donors (Lipinski definition) is 2. The highest BCUT2D eigenvalue weighted by molar-refractivity contribution is 8.11. The van der Waals surface area contributed by atoms with Crippen LogP contribution in [0.1, 0.15) is 12.8 Å². The largest absolute Gasteiger partial charge is 0.480 e. The molecule has 1 aliphatic heterocycles. The highest BCUT2D eigenvalue weighted by Gasteiger charge is 2.49. The molecule has 0 radical (unpaired) electrons. The Labute approximate surface area is 96.2 Å². The van der Waals surface area contributed by atoms with Gasteiger partial charge in [0.2, 0.25) is 0 Å². The molecule has 16 heavy (non-hydrogen) atoms. The third kappa shape index (κ3) is 2.28. The van der Waals surface area contributed by atoms with Crippen LogP contribution in [-0.2, 0) is 18.8 Å². The van der Waals surface area contributed by atoms with E-state index in [9.17, 15) is 18.0 Å². The SMILES string of the molecule is O=C(O)C1(C(=O)O)CCN(S(=O)(=O)Cl)CC1. The molecule has 0 unspecified atom stereocenters. The number of piperidine rings is 1. The molecule has 1 heterocycles. The molecule has 0 aromatic rings. The average Bonchev–Trinajstić information content (AvgIpc) is 2.15. The zero-order valence-corrected chi connectivity index (χ0v) is 9.66.